The van der Waals surface area contributed by atoms with Crippen LogP contribution >= 0.6 is 0 Å². The van der Waals surface area contributed by atoms with Crippen molar-refractivity contribution in [1.82, 2.24) is 16.0 Å². The first-order valence-electron chi connectivity index (χ1n) is 8.85. The maximum Gasteiger partial charge on any atom is 0.239 e. The number of carbonyl (C=O) groups is 1. The summed E-state index contributed by atoms with van der Waals surface area (Å²) in [7, 11) is 0. The lowest BCUT2D eigenvalue weighted by molar-refractivity contribution is -0.119. The second kappa shape index (κ2) is 10.9. The van der Waals surface area contributed by atoms with E-state index in [1.54, 1.807) is 0 Å². The Morgan fingerprint density at radius 1 is 1.04 bits per heavy atom. The molecule has 0 bridgehead atoms. The Kier molecular flexibility index (Phi) is 8.22. The van der Waals surface area contributed by atoms with Crippen LogP contribution < -0.4 is 16.0 Å². The van der Waals surface area contributed by atoms with Gasteiger partial charge in [0.05, 0.1) is 13.1 Å². The monoisotopic (exact) mass is 374 g/mol. The van der Waals surface area contributed by atoms with Crippen LogP contribution in [0.1, 0.15) is 18.1 Å². The zero-order valence-electron chi connectivity index (χ0n) is 15.3. The molecule has 0 aromatic heterocycles. The third kappa shape index (κ3) is 7.43. The van der Waals surface area contributed by atoms with E-state index >= 15 is 0 Å². The highest BCUT2D eigenvalue weighted by atomic mass is 19.1. The summed E-state index contributed by atoms with van der Waals surface area (Å²) in [6, 6.07) is 13.1. The van der Waals surface area contributed by atoms with Crippen molar-refractivity contribution in [2.45, 2.75) is 19.9 Å². The maximum absolute atomic E-state index is 13.7. The van der Waals surface area contributed by atoms with Crippen molar-refractivity contribution in [2.75, 3.05) is 19.6 Å². The highest BCUT2D eigenvalue weighted by molar-refractivity contribution is 5.86. The van der Waals surface area contributed by atoms with Crippen LogP contribution in [-0.2, 0) is 17.8 Å². The number of nitrogens with zero attached hydrogens (tertiary/aromatic N) is 1. The summed E-state index contributed by atoms with van der Waals surface area (Å²) in [6.45, 7) is 2.99. The smallest absolute Gasteiger partial charge is 0.239 e. The van der Waals surface area contributed by atoms with Gasteiger partial charge in [0.25, 0.3) is 0 Å². The Labute approximate surface area is 157 Å². The minimum Gasteiger partial charge on any atom is -0.357 e. The van der Waals surface area contributed by atoms with Gasteiger partial charge in [0.1, 0.15) is 11.6 Å². The van der Waals surface area contributed by atoms with Crippen LogP contribution in [0.3, 0.4) is 0 Å². The predicted octanol–water partition coefficient (Wildman–Crippen LogP) is 2.38. The maximum atomic E-state index is 13.7. The Bertz CT molecular complexity index is 766. The largest absolute Gasteiger partial charge is 0.357 e. The standard InChI is InChI=1S/C20H24F2N4O/c1-2-23-20(25-13-16-12-17(21)8-9-18(16)22)26-14-19(27)24-11-10-15-6-4-3-5-7-15/h3-9,12H,2,10-11,13-14H2,1H3,(H,24,27)(H2,23,25,26). The van der Waals surface area contributed by atoms with E-state index in [0.717, 1.165) is 30.2 Å². The molecule has 5 nitrogen and oxygen atoms in total. The number of rotatable bonds is 8. The number of nitrogens with one attached hydrogen (secondary N) is 3. The Morgan fingerprint density at radius 2 is 1.81 bits per heavy atom. The Morgan fingerprint density at radius 3 is 2.56 bits per heavy atom. The number of hydrogen-bond acceptors (Lipinski definition) is 2. The second-order valence-electron chi connectivity index (χ2n) is 5.87. The van der Waals surface area contributed by atoms with Gasteiger partial charge in [0.2, 0.25) is 5.91 Å². The molecule has 27 heavy (non-hydrogen) atoms. The number of guanidine groups is 1. The quantitative estimate of drug-likeness (QED) is 0.491. The third-order valence-electron chi connectivity index (χ3n) is 3.75. The van der Waals surface area contributed by atoms with Gasteiger partial charge < -0.3 is 16.0 Å². The molecule has 0 spiro atoms. The van der Waals surface area contributed by atoms with E-state index in [1.165, 1.54) is 0 Å². The molecule has 7 heteroatoms. The minimum atomic E-state index is -0.519. The van der Waals surface area contributed by atoms with Gasteiger partial charge in [-0.05, 0) is 37.1 Å². The summed E-state index contributed by atoms with van der Waals surface area (Å²) in [6.07, 6.45) is 0.750. The van der Waals surface area contributed by atoms with E-state index in [0.29, 0.717) is 19.0 Å². The molecule has 0 fully saturated rings. The van der Waals surface area contributed by atoms with E-state index in [1.807, 2.05) is 37.3 Å². The zero-order chi connectivity index (χ0) is 19.5. The van der Waals surface area contributed by atoms with Crippen molar-refractivity contribution in [3.05, 3.63) is 71.3 Å². The van der Waals surface area contributed by atoms with Gasteiger partial charge in [-0.25, -0.2) is 13.8 Å². The number of benzene rings is 2. The van der Waals surface area contributed by atoms with Crippen LogP contribution in [0.25, 0.3) is 0 Å². The van der Waals surface area contributed by atoms with Gasteiger partial charge in [0, 0.05) is 18.7 Å². The molecule has 0 saturated carbocycles. The normalized spacial score (nSPS) is 11.1. The topological polar surface area (TPSA) is 65.5 Å². The van der Waals surface area contributed by atoms with Crippen molar-refractivity contribution in [2.24, 2.45) is 4.99 Å². The second-order valence-corrected chi connectivity index (χ2v) is 5.87. The van der Waals surface area contributed by atoms with Crippen molar-refractivity contribution in [3.63, 3.8) is 0 Å². The number of carbonyl (C=O) groups excluding carboxylic acids is 1. The first kappa shape index (κ1) is 20.4. The molecule has 0 aliphatic heterocycles. The molecule has 2 aromatic carbocycles. The lowest BCUT2D eigenvalue weighted by Crippen LogP contribution is -2.43. The van der Waals surface area contributed by atoms with Gasteiger partial charge in [-0.15, -0.1) is 0 Å². The summed E-state index contributed by atoms with van der Waals surface area (Å²) in [5.74, 6) is -0.847. The lowest BCUT2D eigenvalue weighted by atomic mass is 10.1. The van der Waals surface area contributed by atoms with E-state index in [2.05, 4.69) is 20.9 Å². The number of amides is 1. The molecule has 0 radical (unpaired) electrons. The summed E-state index contributed by atoms with van der Waals surface area (Å²) < 4.78 is 26.9. The van der Waals surface area contributed by atoms with E-state index in [4.69, 9.17) is 0 Å². The van der Waals surface area contributed by atoms with E-state index in [9.17, 15) is 13.6 Å². The summed E-state index contributed by atoms with van der Waals surface area (Å²) >= 11 is 0. The summed E-state index contributed by atoms with van der Waals surface area (Å²) in [4.78, 5) is 16.1. The summed E-state index contributed by atoms with van der Waals surface area (Å²) in [5, 5.41) is 8.68. The first-order chi connectivity index (χ1) is 13.1. The van der Waals surface area contributed by atoms with Crippen molar-refractivity contribution < 1.29 is 13.6 Å². The van der Waals surface area contributed by atoms with Gasteiger partial charge >= 0.3 is 0 Å². The van der Waals surface area contributed by atoms with Crippen molar-refractivity contribution in [3.8, 4) is 0 Å². The first-order valence-corrected chi connectivity index (χ1v) is 8.85. The number of hydrogen-bond donors (Lipinski definition) is 3. The van der Waals surface area contributed by atoms with Gasteiger partial charge in [-0.2, -0.15) is 0 Å². The fourth-order valence-electron chi connectivity index (χ4n) is 2.39. The molecule has 1 amide bonds. The fourth-order valence-corrected chi connectivity index (χ4v) is 2.39. The van der Waals surface area contributed by atoms with Gasteiger partial charge in [-0.1, -0.05) is 30.3 Å². The number of aliphatic imine (C=N–C) groups is 1. The predicted molar refractivity (Wildman–Crippen MR) is 102 cm³/mol. The van der Waals surface area contributed by atoms with E-state index in [-0.39, 0.29) is 24.6 Å². The highest BCUT2D eigenvalue weighted by Crippen LogP contribution is 2.10. The molecule has 0 atom stereocenters. The fraction of sp³-hybridized carbons (Fsp3) is 0.300. The van der Waals surface area contributed by atoms with E-state index < -0.39 is 11.6 Å². The SMILES string of the molecule is CCNC(=NCc1cc(F)ccc1F)NCC(=O)NCCc1ccccc1. The average molecular weight is 374 g/mol. The zero-order valence-corrected chi connectivity index (χ0v) is 15.3. The van der Waals surface area contributed by atoms with Gasteiger partial charge in [-0.3, -0.25) is 4.79 Å². The molecule has 0 aliphatic rings. The molecule has 3 N–H and O–H groups in total. The molecular weight excluding hydrogens is 350 g/mol. The van der Waals surface area contributed by atoms with Crippen LogP contribution in [0.2, 0.25) is 0 Å². The molecule has 2 aromatic rings. The number of halogens is 2. The van der Waals surface area contributed by atoms with Crippen molar-refractivity contribution in [1.29, 1.82) is 0 Å². The molecular formula is C20H24F2N4O. The molecule has 0 unspecified atom stereocenters. The van der Waals surface area contributed by atoms with Crippen molar-refractivity contribution >= 4 is 11.9 Å². The molecule has 0 heterocycles. The average Bonchev–Trinajstić information content (AvgIpc) is 2.67. The van der Waals surface area contributed by atoms with Crippen LogP contribution in [-0.4, -0.2) is 31.5 Å². The third-order valence-corrected chi connectivity index (χ3v) is 3.75. The van der Waals surface area contributed by atoms with Crippen LogP contribution in [0.5, 0.6) is 0 Å². The van der Waals surface area contributed by atoms with Crippen LogP contribution in [0.4, 0.5) is 8.78 Å². The lowest BCUT2D eigenvalue weighted by Gasteiger charge is -2.12. The summed E-state index contributed by atoms with van der Waals surface area (Å²) in [5.41, 5.74) is 1.30. The van der Waals surface area contributed by atoms with Crippen LogP contribution in [0, 0.1) is 11.6 Å². The van der Waals surface area contributed by atoms with Gasteiger partial charge in [0.15, 0.2) is 5.96 Å². The minimum absolute atomic E-state index is 0.0332. The molecule has 0 saturated heterocycles. The van der Waals surface area contributed by atoms with Crippen LogP contribution in [0.15, 0.2) is 53.5 Å². The molecule has 2 rings (SSSR count). The Balaban J connectivity index is 1.80. The Hall–Kier alpha value is -2.96. The molecule has 144 valence electrons. The highest BCUT2D eigenvalue weighted by Gasteiger charge is 2.06. The molecule has 0 aliphatic carbocycles.